The Labute approximate surface area is 154 Å². The number of β-amino-alcohol motifs (C(OH)–C–C–N with tert-alkyl or cyclic N) is 1. The van der Waals surface area contributed by atoms with E-state index in [9.17, 15) is 14.7 Å². The van der Waals surface area contributed by atoms with Crippen LogP contribution in [-0.2, 0) is 17.6 Å². The van der Waals surface area contributed by atoms with Crippen molar-refractivity contribution in [1.29, 1.82) is 0 Å². The van der Waals surface area contributed by atoms with Gasteiger partial charge in [0, 0.05) is 38.1 Å². The molecule has 26 heavy (non-hydrogen) atoms. The molecule has 6 heteroatoms. The van der Waals surface area contributed by atoms with Crippen LogP contribution in [0, 0.1) is 5.41 Å². The predicted molar refractivity (Wildman–Crippen MR) is 96.7 cm³/mol. The number of hydrogen-bond donors (Lipinski definition) is 1. The van der Waals surface area contributed by atoms with Gasteiger partial charge in [-0.1, -0.05) is 0 Å². The fourth-order valence-corrected chi connectivity index (χ4v) is 4.80. The number of fused-ring (bicyclic) bond motifs is 1. The molecular formula is C20H27N3O3. The summed E-state index contributed by atoms with van der Waals surface area (Å²) in [7, 11) is 0. The lowest BCUT2D eigenvalue weighted by molar-refractivity contribution is -0.146. The largest absolute Gasteiger partial charge is 0.395 e. The van der Waals surface area contributed by atoms with Crippen LogP contribution in [0.25, 0.3) is 0 Å². The number of nitrogens with zero attached hydrogens (tertiary/aromatic N) is 3. The molecule has 2 saturated heterocycles. The number of rotatable bonds is 3. The van der Waals surface area contributed by atoms with Gasteiger partial charge in [-0.3, -0.25) is 14.6 Å². The molecule has 3 heterocycles. The summed E-state index contributed by atoms with van der Waals surface area (Å²) in [6.07, 6.45) is 8.54. The van der Waals surface area contributed by atoms with Crippen LogP contribution in [0.15, 0.2) is 12.3 Å². The van der Waals surface area contributed by atoms with Gasteiger partial charge in [0.15, 0.2) is 0 Å². The molecule has 3 aliphatic rings. The maximum Gasteiger partial charge on any atom is 0.255 e. The van der Waals surface area contributed by atoms with Crippen LogP contribution < -0.4 is 0 Å². The number of likely N-dealkylation sites (tertiary alicyclic amines) is 2. The van der Waals surface area contributed by atoms with E-state index < -0.39 is 5.41 Å². The third-order valence-corrected chi connectivity index (χ3v) is 6.25. The minimum absolute atomic E-state index is 0.00479. The van der Waals surface area contributed by atoms with Gasteiger partial charge in [0.05, 0.1) is 17.6 Å². The summed E-state index contributed by atoms with van der Waals surface area (Å²) in [6, 6.07) is 2.01. The van der Waals surface area contributed by atoms with Gasteiger partial charge in [-0.15, -0.1) is 0 Å². The first-order chi connectivity index (χ1) is 12.6. The van der Waals surface area contributed by atoms with Gasteiger partial charge >= 0.3 is 0 Å². The Morgan fingerprint density at radius 1 is 1.19 bits per heavy atom. The quantitative estimate of drug-likeness (QED) is 0.888. The standard InChI is InChI=1S/C20H27N3O3/c24-11-10-22-8-3-6-20(19(22)26)7-9-23(14-20)18(25)16-12-15-4-1-2-5-17(15)21-13-16/h12-13,24H,1-11,14H2. The Bertz CT molecular complexity index is 718. The monoisotopic (exact) mass is 357 g/mol. The summed E-state index contributed by atoms with van der Waals surface area (Å²) in [5, 5.41) is 9.19. The topological polar surface area (TPSA) is 73.7 Å². The molecule has 1 aromatic rings. The number of pyridine rings is 1. The molecular weight excluding hydrogens is 330 g/mol. The number of hydrogen-bond acceptors (Lipinski definition) is 4. The molecule has 1 N–H and O–H groups in total. The number of aromatic nitrogens is 1. The Morgan fingerprint density at radius 3 is 2.88 bits per heavy atom. The van der Waals surface area contributed by atoms with E-state index in [1.807, 2.05) is 11.0 Å². The van der Waals surface area contributed by atoms with Crippen molar-refractivity contribution in [3.05, 3.63) is 29.1 Å². The van der Waals surface area contributed by atoms with E-state index in [0.29, 0.717) is 31.7 Å². The highest BCUT2D eigenvalue weighted by Gasteiger charge is 2.49. The van der Waals surface area contributed by atoms with E-state index in [-0.39, 0.29) is 18.4 Å². The van der Waals surface area contributed by atoms with Gasteiger partial charge in [0.25, 0.3) is 5.91 Å². The fourth-order valence-electron chi connectivity index (χ4n) is 4.80. The number of amides is 2. The van der Waals surface area contributed by atoms with Crippen LogP contribution in [0.3, 0.4) is 0 Å². The van der Waals surface area contributed by atoms with E-state index in [4.69, 9.17) is 0 Å². The number of carbonyl (C=O) groups excluding carboxylic acids is 2. The molecule has 2 aliphatic heterocycles. The van der Waals surface area contributed by atoms with Gasteiger partial charge in [0.2, 0.25) is 5.91 Å². The van der Waals surface area contributed by atoms with Gasteiger partial charge in [0.1, 0.15) is 0 Å². The van der Waals surface area contributed by atoms with Gasteiger partial charge in [-0.05, 0) is 56.6 Å². The predicted octanol–water partition coefficient (Wildman–Crippen LogP) is 1.41. The molecule has 2 amide bonds. The molecule has 0 bridgehead atoms. The lowest BCUT2D eigenvalue weighted by Crippen LogP contribution is -2.51. The van der Waals surface area contributed by atoms with Crippen molar-refractivity contribution in [2.24, 2.45) is 5.41 Å². The SMILES string of the molecule is O=C(c1cnc2c(c1)CCCC2)N1CCC2(CCCN(CCO)C2=O)C1. The Kier molecular flexibility index (Phi) is 4.69. The smallest absolute Gasteiger partial charge is 0.255 e. The second kappa shape index (κ2) is 6.99. The number of aliphatic hydroxyl groups is 1. The maximum absolute atomic E-state index is 13.0. The lowest BCUT2D eigenvalue weighted by atomic mass is 9.78. The highest BCUT2D eigenvalue weighted by molar-refractivity contribution is 5.95. The van der Waals surface area contributed by atoms with Crippen molar-refractivity contribution in [3.8, 4) is 0 Å². The number of carbonyl (C=O) groups is 2. The van der Waals surface area contributed by atoms with Crippen molar-refractivity contribution in [3.63, 3.8) is 0 Å². The number of piperidine rings is 1. The third kappa shape index (κ3) is 3.00. The third-order valence-electron chi connectivity index (χ3n) is 6.25. The molecule has 0 aromatic carbocycles. The summed E-state index contributed by atoms with van der Waals surface area (Å²) in [5.74, 6) is 0.103. The summed E-state index contributed by atoms with van der Waals surface area (Å²) in [4.78, 5) is 34.0. The molecule has 1 spiro atoms. The van der Waals surface area contributed by atoms with Gasteiger partial charge in [-0.25, -0.2) is 0 Å². The van der Waals surface area contributed by atoms with Crippen LogP contribution in [-0.4, -0.2) is 64.5 Å². The van der Waals surface area contributed by atoms with Crippen LogP contribution in [0.5, 0.6) is 0 Å². The van der Waals surface area contributed by atoms with Crippen LogP contribution >= 0.6 is 0 Å². The molecule has 0 radical (unpaired) electrons. The van der Waals surface area contributed by atoms with Gasteiger partial charge < -0.3 is 14.9 Å². The molecule has 2 fully saturated rings. The van der Waals surface area contributed by atoms with E-state index in [2.05, 4.69) is 4.98 Å². The van der Waals surface area contributed by atoms with Crippen molar-refractivity contribution < 1.29 is 14.7 Å². The molecule has 1 aliphatic carbocycles. The van der Waals surface area contributed by atoms with Crippen LogP contribution in [0.1, 0.15) is 53.7 Å². The first-order valence-corrected chi connectivity index (χ1v) is 9.80. The maximum atomic E-state index is 13.0. The average Bonchev–Trinajstić information content (AvgIpc) is 3.10. The van der Waals surface area contributed by atoms with E-state index in [0.717, 1.165) is 44.2 Å². The van der Waals surface area contributed by atoms with Crippen molar-refractivity contribution in [1.82, 2.24) is 14.8 Å². The normalized spacial score (nSPS) is 25.7. The van der Waals surface area contributed by atoms with E-state index >= 15 is 0 Å². The Balaban J connectivity index is 1.50. The zero-order chi connectivity index (χ0) is 18.1. The molecule has 4 rings (SSSR count). The first kappa shape index (κ1) is 17.5. The molecule has 1 unspecified atom stereocenters. The first-order valence-electron chi connectivity index (χ1n) is 9.80. The minimum atomic E-state index is -0.454. The second-order valence-electron chi connectivity index (χ2n) is 7.91. The summed E-state index contributed by atoms with van der Waals surface area (Å²) >= 11 is 0. The number of aryl methyl sites for hydroxylation is 2. The van der Waals surface area contributed by atoms with Crippen LogP contribution in [0.2, 0.25) is 0 Å². The van der Waals surface area contributed by atoms with Crippen molar-refractivity contribution in [2.75, 3.05) is 32.8 Å². The summed E-state index contributed by atoms with van der Waals surface area (Å²) < 4.78 is 0. The lowest BCUT2D eigenvalue weighted by Gasteiger charge is -2.39. The van der Waals surface area contributed by atoms with Gasteiger partial charge in [-0.2, -0.15) is 0 Å². The van der Waals surface area contributed by atoms with E-state index in [1.54, 1.807) is 11.1 Å². The zero-order valence-corrected chi connectivity index (χ0v) is 15.2. The fraction of sp³-hybridized carbons (Fsp3) is 0.650. The average molecular weight is 357 g/mol. The highest BCUT2D eigenvalue weighted by atomic mass is 16.3. The minimum Gasteiger partial charge on any atom is -0.395 e. The number of aliphatic hydroxyl groups excluding tert-OH is 1. The van der Waals surface area contributed by atoms with Crippen LogP contribution in [0.4, 0.5) is 0 Å². The Morgan fingerprint density at radius 2 is 2.04 bits per heavy atom. The molecule has 0 saturated carbocycles. The Hall–Kier alpha value is -1.95. The summed E-state index contributed by atoms with van der Waals surface area (Å²) in [6.45, 7) is 2.21. The van der Waals surface area contributed by atoms with E-state index in [1.165, 1.54) is 12.0 Å². The second-order valence-corrected chi connectivity index (χ2v) is 7.91. The summed E-state index contributed by atoms with van der Waals surface area (Å²) in [5.41, 5.74) is 2.54. The molecule has 140 valence electrons. The highest BCUT2D eigenvalue weighted by Crippen LogP contribution is 2.40. The molecule has 1 atom stereocenters. The molecule has 1 aromatic heterocycles. The zero-order valence-electron chi connectivity index (χ0n) is 15.2. The van der Waals surface area contributed by atoms with Crippen molar-refractivity contribution in [2.45, 2.75) is 44.9 Å². The van der Waals surface area contributed by atoms with Crippen molar-refractivity contribution >= 4 is 11.8 Å². The molecule has 6 nitrogen and oxygen atoms in total.